The number of thiophene rings is 1. The minimum Gasteiger partial charge on any atom is -0.372 e. The van der Waals surface area contributed by atoms with Crippen molar-refractivity contribution in [1.82, 2.24) is 5.43 Å². The van der Waals surface area contributed by atoms with Crippen molar-refractivity contribution in [2.24, 2.45) is 5.84 Å². The number of hydrogen-bond acceptors (Lipinski definition) is 4. The van der Waals surface area contributed by atoms with Crippen molar-refractivity contribution in [2.45, 2.75) is 26.0 Å². The highest BCUT2D eigenvalue weighted by atomic mass is 32.1. The maximum Gasteiger partial charge on any atom is 0.104 e. The van der Waals surface area contributed by atoms with Crippen LogP contribution in [0.25, 0.3) is 0 Å². The lowest BCUT2D eigenvalue weighted by molar-refractivity contribution is 0.0336. The molecule has 4 heteroatoms. The molecule has 0 aliphatic rings. The lowest BCUT2D eigenvalue weighted by atomic mass is 10.0. The summed E-state index contributed by atoms with van der Waals surface area (Å²) in [5, 5.41) is 0. The van der Waals surface area contributed by atoms with Crippen molar-refractivity contribution >= 4 is 11.3 Å². The fourth-order valence-electron chi connectivity index (χ4n) is 2.15. The molecule has 0 radical (unpaired) electrons. The van der Waals surface area contributed by atoms with Crippen LogP contribution < -0.4 is 11.3 Å². The molecule has 0 bridgehead atoms. The van der Waals surface area contributed by atoms with Gasteiger partial charge in [0.2, 0.25) is 0 Å². The minimum atomic E-state index is -0.0748. The van der Waals surface area contributed by atoms with E-state index in [2.05, 4.69) is 36.6 Å². The molecular weight excluding hydrogens is 256 g/mol. The zero-order chi connectivity index (χ0) is 13.7. The van der Waals surface area contributed by atoms with Crippen LogP contribution in [0, 0.1) is 6.92 Å². The molecule has 0 amide bonds. The Labute approximate surface area is 118 Å². The molecule has 2 atom stereocenters. The van der Waals surface area contributed by atoms with Crippen LogP contribution in [0.1, 0.15) is 34.4 Å². The van der Waals surface area contributed by atoms with Crippen molar-refractivity contribution in [2.75, 3.05) is 6.61 Å². The first kappa shape index (κ1) is 14.2. The van der Waals surface area contributed by atoms with Crippen LogP contribution in [0.2, 0.25) is 0 Å². The first-order valence-corrected chi connectivity index (χ1v) is 7.27. The number of ether oxygens (including phenoxy) is 1. The van der Waals surface area contributed by atoms with E-state index in [9.17, 15) is 0 Å². The summed E-state index contributed by atoms with van der Waals surface area (Å²) < 4.78 is 5.91. The summed E-state index contributed by atoms with van der Waals surface area (Å²) in [6.07, 6.45) is -0.0748. The van der Waals surface area contributed by atoms with Crippen molar-refractivity contribution in [1.29, 1.82) is 0 Å². The van der Waals surface area contributed by atoms with Crippen LogP contribution in [0.5, 0.6) is 0 Å². The van der Waals surface area contributed by atoms with Gasteiger partial charge in [-0.2, -0.15) is 0 Å². The van der Waals surface area contributed by atoms with E-state index < -0.39 is 0 Å². The van der Waals surface area contributed by atoms with Crippen LogP contribution in [-0.2, 0) is 4.74 Å². The maximum absolute atomic E-state index is 5.91. The number of nitrogens with two attached hydrogens (primary N) is 1. The van der Waals surface area contributed by atoms with Gasteiger partial charge in [-0.05, 0) is 31.5 Å². The zero-order valence-corrected chi connectivity index (χ0v) is 12.1. The molecule has 0 saturated carbocycles. The summed E-state index contributed by atoms with van der Waals surface area (Å²) in [6.45, 7) is 4.76. The van der Waals surface area contributed by atoms with Crippen LogP contribution in [-0.4, -0.2) is 6.61 Å². The molecule has 102 valence electrons. The molecule has 19 heavy (non-hydrogen) atoms. The number of benzene rings is 1. The Kier molecular flexibility index (Phi) is 5.10. The van der Waals surface area contributed by atoms with E-state index in [0.29, 0.717) is 6.61 Å². The van der Waals surface area contributed by atoms with Crippen LogP contribution >= 0.6 is 11.3 Å². The Morgan fingerprint density at radius 2 is 1.95 bits per heavy atom. The molecule has 2 aromatic rings. The normalized spacial score (nSPS) is 14.3. The summed E-state index contributed by atoms with van der Waals surface area (Å²) in [5.74, 6) is 5.76. The lowest BCUT2D eigenvalue weighted by Crippen LogP contribution is -2.33. The van der Waals surface area contributed by atoms with Gasteiger partial charge in [0, 0.05) is 16.4 Å². The molecule has 0 saturated heterocycles. The summed E-state index contributed by atoms with van der Waals surface area (Å²) in [4.78, 5) is 2.47. The van der Waals surface area contributed by atoms with Crippen LogP contribution in [0.4, 0.5) is 0 Å². The number of hydrogen-bond donors (Lipinski definition) is 2. The Balaban J connectivity index is 2.31. The van der Waals surface area contributed by atoms with E-state index in [0.717, 1.165) is 5.56 Å². The number of hydrazine groups is 1. The van der Waals surface area contributed by atoms with Crippen molar-refractivity contribution in [3.8, 4) is 0 Å². The molecule has 0 fully saturated rings. The fraction of sp³-hybridized carbons (Fsp3) is 0.333. The standard InChI is InChI=1S/C15H20N2OS/c1-3-18-15(12-7-5-4-6-8-12)14(17-16)13-10-9-11(2)19-13/h4-10,14-15,17H,3,16H2,1-2H3. The van der Waals surface area contributed by atoms with Gasteiger partial charge in [0.1, 0.15) is 6.10 Å². The highest BCUT2D eigenvalue weighted by Crippen LogP contribution is 2.34. The predicted octanol–water partition coefficient (Wildman–Crippen LogP) is 3.34. The van der Waals surface area contributed by atoms with E-state index in [1.807, 2.05) is 25.1 Å². The third-order valence-electron chi connectivity index (χ3n) is 3.02. The Morgan fingerprint density at radius 3 is 2.47 bits per heavy atom. The van der Waals surface area contributed by atoms with E-state index in [4.69, 9.17) is 10.6 Å². The number of aryl methyl sites for hydroxylation is 1. The quantitative estimate of drug-likeness (QED) is 0.628. The monoisotopic (exact) mass is 276 g/mol. The molecule has 2 unspecified atom stereocenters. The molecule has 0 spiro atoms. The number of rotatable bonds is 6. The first-order chi connectivity index (χ1) is 9.26. The minimum absolute atomic E-state index is 0.0268. The van der Waals surface area contributed by atoms with Crippen molar-refractivity contribution in [3.05, 3.63) is 57.8 Å². The second-order valence-electron chi connectivity index (χ2n) is 4.38. The predicted molar refractivity (Wildman–Crippen MR) is 79.9 cm³/mol. The van der Waals surface area contributed by atoms with Crippen LogP contribution in [0.3, 0.4) is 0 Å². The molecule has 0 aliphatic carbocycles. The van der Waals surface area contributed by atoms with E-state index in [1.165, 1.54) is 9.75 Å². The zero-order valence-electron chi connectivity index (χ0n) is 11.3. The average Bonchev–Trinajstić information content (AvgIpc) is 2.86. The van der Waals surface area contributed by atoms with E-state index in [1.54, 1.807) is 11.3 Å². The van der Waals surface area contributed by atoms with Gasteiger partial charge in [-0.3, -0.25) is 5.84 Å². The van der Waals surface area contributed by atoms with Gasteiger partial charge in [0.15, 0.2) is 0 Å². The fourth-order valence-corrected chi connectivity index (χ4v) is 3.11. The number of nitrogens with one attached hydrogen (secondary N) is 1. The van der Waals surface area contributed by atoms with Gasteiger partial charge in [-0.1, -0.05) is 30.3 Å². The van der Waals surface area contributed by atoms with Gasteiger partial charge in [-0.25, -0.2) is 5.43 Å². The molecular formula is C15H20N2OS. The Bertz CT molecular complexity index is 498. The first-order valence-electron chi connectivity index (χ1n) is 6.45. The van der Waals surface area contributed by atoms with E-state index in [-0.39, 0.29) is 12.1 Å². The molecule has 3 nitrogen and oxygen atoms in total. The molecule has 2 rings (SSSR count). The average molecular weight is 276 g/mol. The molecule has 0 aliphatic heterocycles. The van der Waals surface area contributed by atoms with Gasteiger partial charge in [-0.15, -0.1) is 11.3 Å². The molecule has 3 N–H and O–H groups in total. The van der Waals surface area contributed by atoms with Gasteiger partial charge < -0.3 is 4.74 Å². The van der Waals surface area contributed by atoms with Gasteiger partial charge >= 0.3 is 0 Å². The SMILES string of the molecule is CCOC(c1ccccc1)C(NN)c1ccc(C)s1. The Hall–Kier alpha value is -1.20. The van der Waals surface area contributed by atoms with E-state index >= 15 is 0 Å². The van der Waals surface area contributed by atoms with Crippen molar-refractivity contribution < 1.29 is 4.74 Å². The molecule has 1 aromatic carbocycles. The summed E-state index contributed by atoms with van der Waals surface area (Å²) in [6, 6.07) is 14.4. The largest absolute Gasteiger partial charge is 0.372 e. The van der Waals surface area contributed by atoms with Crippen LogP contribution in [0.15, 0.2) is 42.5 Å². The lowest BCUT2D eigenvalue weighted by Gasteiger charge is -2.26. The highest BCUT2D eigenvalue weighted by Gasteiger charge is 2.25. The third-order valence-corrected chi connectivity index (χ3v) is 4.11. The second kappa shape index (κ2) is 6.82. The second-order valence-corrected chi connectivity index (χ2v) is 5.70. The third kappa shape index (κ3) is 3.42. The Morgan fingerprint density at radius 1 is 1.21 bits per heavy atom. The smallest absolute Gasteiger partial charge is 0.104 e. The topological polar surface area (TPSA) is 47.3 Å². The highest BCUT2D eigenvalue weighted by molar-refractivity contribution is 7.12. The summed E-state index contributed by atoms with van der Waals surface area (Å²) >= 11 is 1.75. The summed E-state index contributed by atoms with van der Waals surface area (Å²) in [5.41, 5.74) is 4.04. The van der Waals surface area contributed by atoms with Gasteiger partial charge in [0.05, 0.1) is 6.04 Å². The summed E-state index contributed by atoms with van der Waals surface area (Å²) in [7, 11) is 0. The van der Waals surface area contributed by atoms with Crippen molar-refractivity contribution in [3.63, 3.8) is 0 Å². The van der Waals surface area contributed by atoms with Gasteiger partial charge in [0.25, 0.3) is 0 Å². The maximum atomic E-state index is 5.91. The molecule has 1 heterocycles. The molecule has 1 aromatic heterocycles.